The van der Waals surface area contributed by atoms with Gasteiger partial charge in [0.1, 0.15) is 0 Å². The molecular weight excluding hydrogens is 558 g/mol. The second-order valence-electron chi connectivity index (χ2n) is 9.66. The molecule has 2 heterocycles. The fourth-order valence-corrected chi connectivity index (χ4v) is 7.17. The third-order valence-electron chi connectivity index (χ3n) is 6.32. The van der Waals surface area contributed by atoms with Gasteiger partial charge in [0.05, 0.1) is 24.0 Å². The first-order chi connectivity index (χ1) is 18.9. The van der Waals surface area contributed by atoms with E-state index in [4.69, 9.17) is 9.47 Å². The van der Waals surface area contributed by atoms with Crippen molar-refractivity contribution in [2.24, 2.45) is 11.8 Å². The highest BCUT2D eigenvalue weighted by molar-refractivity contribution is 7.92. The lowest BCUT2D eigenvalue weighted by Gasteiger charge is -2.34. The monoisotopic (exact) mass is 589 g/mol. The van der Waals surface area contributed by atoms with Crippen LogP contribution in [0, 0.1) is 11.8 Å². The smallest absolute Gasteiger partial charge is 0.321 e. The minimum absolute atomic E-state index is 0.0455. The third kappa shape index (κ3) is 6.69. The predicted molar refractivity (Wildman–Crippen MR) is 148 cm³/mol. The number of ether oxygens (including phenoxy) is 2. The molecular formula is C26H31N5O7S2. The van der Waals surface area contributed by atoms with Crippen molar-refractivity contribution in [1.29, 1.82) is 0 Å². The molecule has 3 aromatic rings. The zero-order chi connectivity index (χ0) is 29.1. The Morgan fingerprint density at radius 1 is 0.875 bits per heavy atom. The summed E-state index contributed by atoms with van der Waals surface area (Å²) in [5.41, 5.74) is 0.603. The molecule has 4 rings (SSSR count). The molecule has 0 radical (unpaired) electrons. The van der Waals surface area contributed by atoms with Gasteiger partial charge >= 0.3 is 6.01 Å². The number of methoxy groups -OCH3 is 2. The number of piperidine rings is 1. The first-order valence-electron chi connectivity index (χ1n) is 12.4. The first kappa shape index (κ1) is 29.2. The van der Waals surface area contributed by atoms with E-state index >= 15 is 0 Å². The van der Waals surface area contributed by atoms with E-state index in [2.05, 4.69) is 20.0 Å². The Balaban J connectivity index is 1.42. The molecule has 1 amide bonds. The summed E-state index contributed by atoms with van der Waals surface area (Å²) >= 11 is 0. The first-order valence-corrected chi connectivity index (χ1v) is 15.3. The number of carbonyl (C=O) groups is 1. The maximum absolute atomic E-state index is 13.1. The Labute approximate surface area is 233 Å². The Morgan fingerprint density at radius 2 is 1.48 bits per heavy atom. The normalized spacial score (nSPS) is 18.1. The minimum atomic E-state index is -4.02. The number of anilines is 2. The SMILES string of the molecule is COc1cc(NS(=O)(=O)c2ccc(NC(=O)c3ccc(S(=O)(=O)N4CC(C)CC(C)C4)cc3)cc2)nc(OC)n1. The lowest BCUT2D eigenvalue weighted by Crippen LogP contribution is -2.42. The molecule has 214 valence electrons. The maximum Gasteiger partial charge on any atom is 0.321 e. The van der Waals surface area contributed by atoms with E-state index in [1.54, 1.807) is 0 Å². The number of sulfonamides is 2. The van der Waals surface area contributed by atoms with E-state index in [1.807, 2.05) is 13.8 Å². The van der Waals surface area contributed by atoms with E-state index in [9.17, 15) is 21.6 Å². The molecule has 12 nitrogen and oxygen atoms in total. The van der Waals surface area contributed by atoms with Crippen LogP contribution >= 0.6 is 0 Å². The zero-order valence-electron chi connectivity index (χ0n) is 22.5. The van der Waals surface area contributed by atoms with E-state index in [0.717, 1.165) is 6.42 Å². The maximum atomic E-state index is 13.1. The molecule has 2 unspecified atom stereocenters. The van der Waals surface area contributed by atoms with Gasteiger partial charge in [0.25, 0.3) is 15.9 Å². The second-order valence-corrected chi connectivity index (χ2v) is 13.3. The van der Waals surface area contributed by atoms with Crippen molar-refractivity contribution < 1.29 is 31.1 Å². The quantitative estimate of drug-likeness (QED) is 0.382. The lowest BCUT2D eigenvalue weighted by atomic mass is 9.94. The Bertz CT molecular complexity index is 1550. The van der Waals surface area contributed by atoms with Crippen molar-refractivity contribution in [2.45, 2.75) is 30.1 Å². The van der Waals surface area contributed by atoms with Gasteiger partial charge in [-0.05, 0) is 66.8 Å². The number of aromatic nitrogens is 2. The standard InChI is InChI=1S/C26H31N5O7S2/c1-17-13-18(2)16-31(15-17)40(35,36)22-9-5-19(6-10-22)25(32)27-20-7-11-21(12-8-20)39(33,34)30-23-14-24(37-3)29-26(28-23)38-4/h5-12,14,17-18H,13,15-16H2,1-4H3,(H,27,32)(H,28,29,30). The molecule has 1 aliphatic rings. The van der Waals surface area contributed by atoms with Crippen LogP contribution in [-0.4, -0.2) is 64.3 Å². The topological polar surface area (TPSA) is 157 Å². The molecule has 2 N–H and O–H groups in total. The molecule has 14 heteroatoms. The predicted octanol–water partition coefficient (Wildman–Crippen LogP) is 3.21. The molecule has 0 aliphatic carbocycles. The molecule has 0 spiro atoms. The van der Waals surface area contributed by atoms with Crippen LogP contribution in [0.2, 0.25) is 0 Å². The van der Waals surface area contributed by atoms with Gasteiger partial charge in [0.15, 0.2) is 5.82 Å². The van der Waals surface area contributed by atoms with Crippen molar-refractivity contribution in [3.05, 3.63) is 60.2 Å². The van der Waals surface area contributed by atoms with Gasteiger partial charge in [-0.1, -0.05) is 13.8 Å². The second kappa shape index (κ2) is 11.8. The van der Waals surface area contributed by atoms with Crippen molar-refractivity contribution in [2.75, 3.05) is 37.3 Å². The van der Waals surface area contributed by atoms with Gasteiger partial charge in [0, 0.05) is 30.4 Å². The summed E-state index contributed by atoms with van der Waals surface area (Å²) in [6.07, 6.45) is 0.987. The number of hydrogen-bond acceptors (Lipinski definition) is 9. The summed E-state index contributed by atoms with van der Waals surface area (Å²) in [6, 6.07) is 12.5. The largest absolute Gasteiger partial charge is 0.481 e. The van der Waals surface area contributed by atoms with Crippen LogP contribution in [-0.2, 0) is 20.0 Å². The van der Waals surface area contributed by atoms with Crippen LogP contribution in [0.3, 0.4) is 0 Å². The van der Waals surface area contributed by atoms with Crippen LogP contribution in [0.4, 0.5) is 11.5 Å². The summed E-state index contributed by atoms with van der Waals surface area (Å²) in [5.74, 6) is 0.151. The Kier molecular flexibility index (Phi) is 8.61. The molecule has 1 saturated heterocycles. The third-order valence-corrected chi connectivity index (χ3v) is 9.54. The van der Waals surface area contributed by atoms with Crippen molar-refractivity contribution in [3.63, 3.8) is 0 Å². The number of amides is 1. The highest BCUT2D eigenvalue weighted by Gasteiger charge is 2.31. The van der Waals surface area contributed by atoms with Gasteiger partial charge in [0.2, 0.25) is 15.9 Å². The van der Waals surface area contributed by atoms with Crippen LogP contribution < -0.4 is 19.5 Å². The number of nitrogens with one attached hydrogen (secondary N) is 2. The van der Waals surface area contributed by atoms with Crippen LogP contribution in [0.1, 0.15) is 30.6 Å². The van der Waals surface area contributed by atoms with Gasteiger partial charge in [-0.2, -0.15) is 14.3 Å². The lowest BCUT2D eigenvalue weighted by molar-refractivity contribution is 0.102. The van der Waals surface area contributed by atoms with Crippen molar-refractivity contribution in [1.82, 2.24) is 14.3 Å². The highest BCUT2D eigenvalue weighted by atomic mass is 32.2. The van der Waals surface area contributed by atoms with Gasteiger partial charge in [-0.25, -0.2) is 16.8 Å². The summed E-state index contributed by atoms with van der Waals surface area (Å²) in [4.78, 5) is 20.7. The van der Waals surface area contributed by atoms with E-state index in [1.165, 1.54) is 73.1 Å². The molecule has 1 fully saturated rings. The fourth-order valence-electron chi connectivity index (χ4n) is 4.50. The number of carbonyl (C=O) groups excluding carboxylic acids is 1. The summed E-state index contributed by atoms with van der Waals surface area (Å²) in [6.45, 7) is 5.02. The fraction of sp³-hybridized carbons (Fsp3) is 0.346. The van der Waals surface area contributed by atoms with Gasteiger partial charge in [-0.15, -0.1) is 0 Å². The molecule has 2 aromatic carbocycles. The van der Waals surface area contributed by atoms with Crippen molar-refractivity contribution in [3.8, 4) is 11.9 Å². The van der Waals surface area contributed by atoms with E-state index in [0.29, 0.717) is 18.8 Å². The van der Waals surface area contributed by atoms with Gasteiger partial charge in [-0.3, -0.25) is 9.52 Å². The minimum Gasteiger partial charge on any atom is -0.481 e. The van der Waals surface area contributed by atoms with Crippen LogP contribution in [0.25, 0.3) is 0 Å². The number of rotatable bonds is 9. The summed E-state index contributed by atoms with van der Waals surface area (Å²) < 4.78 is 65.7. The Hall–Kier alpha value is -3.75. The average molecular weight is 590 g/mol. The molecule has 0 bridgehead atoms. The molecule has 2 atom stereocenters. The average Bonchev–Trinajstić information content (AvgIpc) is 2.92. The number of nitrogens with zero attached hydrogens (tertiary/aromatic N) is 3. The summed E-state index contributed by atoms with van der Waals surface area (Å²) in [7, 11) is -4.97. The Morgan fingerprint density at radius 3 is 2.05 bits per heavy atom. The van der Waals surface area contributed by atoms with Crippen molar-refractivity contribution >= 4 is 37.5 Å². The number of hydrogen-bond donors (Lipinski definition) is 2. The number of benzene rings is 2. The zero-order valence-corrected chi connectivity index (χ0v) is 24.1. The van der Waals surface area contributed by atoms with E-state index < -0.39 is 26.0 Å². The van der Waals surface area contributed by atoms with Gasteiger partial charge < -0.3 is 14.8 Å². The summed E-state index contributed by atoms with van der Waals surface area (Å²) in [5, 5.41) is 2.68. The van der Waals surface area contributed by atoms with Crippen LogP contribution in [0.5, 0.6) is 11.9 Å². The molecule has 1 aromatic heterocycles. The molecule has 1 aliphatic heterocycles. The highest BCUT2D eigenvalue weighted by Crippen LogP contribution is 2.27. The van der Waals surface area contributed by atoms with E-state index in [-0.39, 0.29) is 44.9 Å². The van der Waals surface area contributed by atoms with Crippen LogP contribution in [0.15, 0.2) is 64.4 Å². The molecule has 0 saturated carbocycles. The molecule has 40 heavy (non-hydrogen) atoms.